The first-order valence-electron chi connectivity index (χ1n) is 3.07. The highest BCUT2D eigenvalue weighted by Crippen LogP contribution is 2.00. The van der Waals surface area contributed by atoms with Crippen molar-refractivity contribution in [1.82, 2.24) is 0 Å². The van der Waals surface area contributed by atoms with E-state index in [0.29, 0.717) is 6.29 Å². The lowest BCUT2D eigenvalue weighted by Crippen LogP contribution is -2.28. The molecule has 0 aromatic rings. The summed E-state index contributed by atoms with van der Waals surface area (Å²) in [5, 5.41) is 26.2. The molecule has 10 heavy (non-hydrogen) atoms. The summed E-state index contributed by atoms with van der Waals surface area (Å²) in [5.74, 6) is 0. The Hall–Kier alpha value is -0.450. The summed E-state index contributed by atoms with van der Waals surface area (Å²) in [4.78, 5) is 9.82. The van der Waals surface area contributed by atoms with Gasteiger partial charge in [-0.3, -0.25) is 0 Å². The first-order valence-corrected chi connectivity index (χ1v) is 3.07. The van der Waals surface area contributed by atoms with Crippen LogP contribution in [-0.2, 0) is 4.79 Å². The summed E-state index contributed by atoms with van der Waals surface area (Å²) < 4.78 is 0. The van der Waals surface area contributed by atoms with Crippen LogP contribution in [0.3, 0.4) is 0 Å². The second-order valence-corrected chi connectivity index (χ2v) is 2.25. The van der Waals surface area contributed by atoms with Gasteiger partial charge in [-0.2, -0.15) is 0 Å². The summed E-state index contributed by atoms with van der Waals surface area (Å²) in [7, 11) is 0. The smallest absolute Gasteiger partial charge is 0.148 e. The number of aldehydes is 1. The van der Waals surface area contributed by atoms with Crippen LogP contribution in [0.25, 0.3) is 0 Å². The molecule has 4 nitrogen and oxygen atoms in total. The van der Waals surface area contributed by atoms with E-state index in [9.17, 15) is 4.79 Å². The number of aliphatic hydroxyl groups is 3. The Morgan fingerprint density at radius 3 is 2.20 bits per heavy atom. The number of carbonyl (C=O) groups excluding carboxylic acids is 1. The van der Waals surface area contributed by atoms with Crippen LogP contribution in [0.1, 0.15) is 13.3 Å². The lowest BCUT2D eigenvalue weighted by atomic mass is 10.1. The van der Waals surface area contributed by atoms with E-state index >= 15 is 0 Å². The zero-order chi connectivity index (χ0) is 8.15. The molecule has 0 heterocycles. The van der Waals surface area contributed by atoms with Gasteiger partial charge in [0, 0.05) is 6.42 Å². The van der Waals surface area contributed by atoms with Gasteiger partial charge in [-0.25, -0.2) is 0 Å². The lowest BCUT2D eigenvalue weighted by molar-refractivity contribution is -0.117. The third-order valence-electron chi connectivity index (χ3n) is 1.20. The maximum atomic E-state index is 9.82. The molecule has 4 heteroatoms. The van der Waals surface area contributed by atoms with E-state index in [4.69, 9.17) is 15.3 Å². The van der Waals surface area contributed by atoms with E-state index in [-0.39, 0.29) is 6.42 Å². The highest BCUT2D eigenvalue weighted by molar-refractivity contribution is 5.55. The summed E-state index contributed by atoms with van der Waals surface area (Å²) >= 11 is 0. The van der Waals surface area contributed by atoms with E-state index < -0.39 is 18.3 Å². The van der Waals surface area contributed by atoms with Gasteiger partial charge >= 0.3 is 0 Å². The normalized spacial score (nSPS) is 19.6. The third kappa shape index (κ3) is 3.55. The van der Waals surface area contributed by atoms with E-state index in [1.165, 1.54) is 6.92 Å². The molecule has 0 bridgehead atoms. The monoisotopic (exact) mass is 148 g/mol. The van der Waals surface area contributed by atoms with Crippen LogP contribution < -0.4 is 0 Å². The molecule has 1 unspecified atom stereocenters. The lowest BCUT2D eigenvalue weighted by Gasteiger charge is -2.13. The van der Waals surface area contributed by atoms with Crippen molar-refractivity contribution in [3.05, 3.63) is 0 Å². The highest BCUT2D eigenvalue weighted by Gasteiger charge is 2.14. The van der Waals surface area contributed by atoms with Crippen molar-refractivity contribution in [3.63, 3.8) is 0 Å². The number of hydrogen-bond acceptors (Lipinski definition) is 4. The molecule has 0 amide bonds. The fourth-order valence-corrected chi connectivity index (χ4v) is 0.500. The Labute approximate surface area is 59.1 Å². The molecule has 0 fully saturated rings. The first-order chi connectivity index (χ1) is 4.57. The molecule has 0 aliphatic rings. The van der Waals surface area contributed by atoms with E-state index in [1.807, 2.05) is 0 Å². The van der Waals surface area contributed by atoms with Crippen LogP contribution in [0.5, 0.6) is 0 Å². The summed E-state index contributed by atoms with van der Waals surface area (Å²) in [6, 6.07) is 0. The van der Waals surface area contributed by atoms with Gasteiger partial charge in [0.2, 0.25) is 0 Å². The maximum Gasteiger partial charge on any atom is 0.148 e. The second-order valence-electron chi connectivity index (χ2n) is 2.25. The molecular weight excluding hydrogens is 136 g/mol. The quantitative estimate of drug-likeness (QED) is 0.432. The molecule has 0 aromatic heterocycles. The second kappa shape index (κ2) is 4.38. The molecule has 0 aliphatic carbocycles. The molecule has 0 rings (SSSR count). The Bertz CT molecular complexity index is 102. The van der Waals surface area contributed by atoms with Crippen molar-refractivity contribution in [2.45, 2.75) is 31.7 Å². The topological polar surface area (TPSA) is 77.8 Å². The van der Waals surface area contributed by atoms with Crippen LogP contribution in [0.2, 0.25) is 0 Å². The minimum Gasteiger partial charge on any atom is -0.391 e. The molecule has 0 spiro atoms. The fourth-order valence-electron chi connectivity index (χ4n) is 0.500. The average Bonchev–Trinajstić information content (AvgIpc) is 1.87. The summed E-state index contributed by atoms with van der Waals surface area (Å²) in [6.07, 6.45) is -2.90. The van der Waals surface area contributed by atoms with Gasteiger partial charge in [0.1, 0.15) is 12.4 Å². The van der Waals surface area contributed by atoms with Crippen molar-refractivity contribution in [3.8, 4) is 0 Å². The highest BCUT2D eigenvalue weighted by atomic mass is 16.3. The average molecular weight is 148 g/mol. The van der Waals surface area contributed by atoms with E-state index in [2.05, 4.69) is 0 Å². The molecule has 60 valence electrons. The van der Waals surface area contributed by atoms with E-state index in [0.717, 1.165) is 0 Å². The Kier molecular flexibility index (Phi) is 4.18. The van der Waals surface area contributed by atoms with Gasteiger partial charge in [-0.15, -0.1) is 0 Å². The Balaban J connectivity index is 3.56. The predicted molar refractivity (Wildman–Crippen MR) is 34.4 cm³/mol. The molecule has 3 N–H and O–H groups in total. The van der Waals surface area contributed by atoms with Crippen molar-refractivity contribution in [2.24, 2.45) is 0 Å². The van der Waals surface area contributed by atoms with Crippen molar-refractivity contribution < 1.29 is 20.1 Å². The molecule has 0 saturated carbocycles. The fraction of sp³-hybridized carbons (Fsp3) is 0.833. The van der Waals surface area contributed by atoms with Gasteiger partial charge in [0.25, 0.3) is 0 Å². The number of hydrogen-bond donors (Lipinski definition) is 3. The van der Waals surface area contributed by atoms with Crippen molar-refractivity contribution in [1.29, 1.82) is 0 Å². The van der Waals surface area contributed by atoms with Crippen molar-refractivity contribution in [2.75, 3.05) is 0 Å². The van der Waals surface area contributed by atoms with Gasteiger partial charge < -0.3 is 20.1 Å². The SMILES string of the molecule is CC(O)[C@H](O)C[C@@H](O)C=O. The van der Waals surface area contributed by atoms with Crippen LogP contribution in [0.4, 0.5) is 0 Å². The Morgan fingerprint density at radius 2 is 1.90 bits per heavy atom. The minimum atomic E-state index is -1.18. The predicted octanol–water partition coefficient (Wildman–Crippen LogP) is -1.32. The standard InChI is InChI=1S/C6H12O4/c1-4(8)6(10)2-5(9)3-7/h3-6,8-10H,2H2,1H3/t4?,5-,6-/m1/s1. The largest absolute Gasteiger partial charge is 0.391 e. The van der Waals surface area contributed by atoms with Gasteiger partial charge in [0.05, 0.1) is 12.2 Å². The Morgan fingerprint density at radius 1 is 1.40 bits per heavy atom. The zero-order valence-corrected chi connectivity index (χ0v) is 5.77. The van der Waals surface area contributed by atoms with Gasteiger partial charge in [-0.1, -0.05) is 0 Å². The number of rotatable bonds is 4. The minimum absolute atomic E-state index is 0.110. The summed E-state index contributed by atoms with van der Waals surface area (Å²) in [5.41, 5.74) is 0. The first kappa shape index (κ1) is 9.55. The molecule has 0 saturated heterocycles. The van der Waals surface area contributed by atoms with Crippen LogP contribution in [0.15, 0.2) is 0 Å². The summed E-state index contributed by atoms with van der Waals surface area (Å²) in [6.45, 7) is 1.39. The molecule has 3 atom stereocenters. The van der Waals surface area contributed by atoms with Crippen LogP contribution >= 0.6 is 0 Å². The van der Waals surface area contributed by atoms with Crippen molar-refractivity contribution >= 4 is 6.29 Å². The van der Waals surface area contributed by atoms with E-state index in [1.54, 1.807) is 0 Å². The van der Waals surface area contributed by atoms with Crippen LogP contribution in [-0.4, -0.2) is 39.9 Å². The number of aliphatic hydroxyl groups excluding tert-OH is 3. The molecule has 0 aliphatic heterocycles. The molecule has 0 aromatic carbocycles. The molecular formula is C6H12O4. The maximum absolute atomic E-state index is 9.82. The van der Waals surface area contributed by atoms with Gasteiger partial charge in [0.15, 0.2) is 0 Å². The number of carbonyl (C=O) groups is 1. The van der Waals surface area contributed by atoms with Crippen LogP contribution in [0, 0.1) is 0 Å². The third-order valence-corrected chi connectivity index (χ3v) is 1.20. The zero-order valence-electron chi connectivity index (χ0n) is 5.77. The van der Waals surface area contributed by atoms with Gasteiger partial charge in [-0.05, 0) is 6.92 Å². The molecule has 0 radical (unpaired) electrons.